The molecule has 0 unspecified atom stereocenters. The van der Waals surface area contributed by atoms with Crippen molar-refractivity contribution in [2.45, 2.75) is 10.1 Å². The van der Waals surface area contributed by atoms with E-state index in [1.807, 2.05) is 0 Å². The van der Waals surface area contributed by atoms with E-state index >= 15 is 0 Å². The molecule has 0 spiro atoms. The lowest BCUT2D eigenvalue weighted by Gasteiger charge is -2.06. The standard InChI is InChI=1S/C10H7Cl2N3S/c11-7-4-6(13)5-8(12)9(7)16-10-14-2-1-3-15-10/h1-5H,13H2. The first-order valence-electron chi connectivity index (χ1n) is 4.36. The molecule has 0 aliphatic heterocycles. The van der Waals surface area contributed by atoms with Crippen molar-refractivity contribution in [2.24, 2.45) is 0 Å². The summed E-state index contributed by atoms with van der Waals surface area (Å²) in [6.45, 7) is 0. The minimum atomic E-state index is 0.502. The van der Waals surface area contributed by atoms with Crippen molar-refractivity contribution in [1.82, 2.24) is 9.97 Å². The van der Waals surface area contributed by atoms with Gasteiger partial charge in [-0.25, -0.2) is 9.97 Å². The van der Waals surface area contributed by atoms with Gasteiger partial charge in [0.2, 0.25) is 0 Å². The van der Waals surface area contributed by atoms with Gasteiger partial charge in [-0.2, -0.15) is 0 Å². The van der Waals surface area contributed by atoms with Crippen molar-refractivity contribution in [1.29, 1.82) is 0 Å². The van der Waals surface area contributed by atoms with Crippen molar-refractivity contribution >= 4 is 40.7 Å². The second-order valence-corrected chi connectivity index (χ2v) is 4.74. The summed E-state index contributed by atoms with van der Waals surface area (Å²) in [5.41, 5.74) is 6.15. The third kappa shape index (κ3) is 2.58. The summed E-state index contributed by atoms with van der Waals surface area (Å²) in [6.07, 6.45) is 3.32. The lowest BCUT2D eigenvalue weighted by atomic mass is 10.3. The third-order valence-corrected chi connectivity index (χ3v) is 3.61. The number of hydrogen-bond donors (Lipinski definition) is 1. The van der Waals surface area contributed by atoms with E-state index in [-0.39, 0.29) is 0 Å². The van der Waals surface area contributed by atoms with Gasteiger partial charge in [-0.15, -0.1) is 0 Å². The second-order valence-electron chi connectivity index (χ2n) is 2.95. The number of benzene rings is 1. The van der Waals surface area contributed by atoms with E-state index in [0.717, 1.165) is 0 Å². The molecule has 0 bridgehead atoms. The Hall–Kier alpha value is -0.970. The lowest BCUT2D eigenvalue weighted by Crippen LogP contribution is -1.88. The van der Waals surface area contributed by atoms with Gasteiger partial charge in [0.15, 0.2) is 5.16 Å². The quantitative estimate of drug-likeness (QED) is 0.671. The molecule has 2 aromatic rings. The molecular formula is C10H7Cl2N3S. The highest BCUT2D eigenvalue weighted by molar-refractivity contribution is 7.99. The van der Waals surface area contributed by atoms with Gasteiger partial charge >= 0.3 is 0 Å². The van der Waals surface area contributed by atoms with Gasteiger partial charge in [0, 0.05) is 18.1 Å². The number of nitrogens with zero attached hydrogens (tertiary/aromatic N) is 2. The molecule has 1 aromatic carbocycles. The topological polar surface area (TPSA) is 51.8 Å². The summed E-state index contributed by atoms with van der Waals surface area (Å²) in [5.74, 6) is 0. The molecule has 0 atom stereocenters. The Balaban J connectivity index is 2.35. The fraction of sp³-hybridized carbons (Fsp3) is 0. The number of aromatic nitrogens is 2. The van der Waals surface area contributed by atoms with Crippen LogP contribution >= 0.6 is 35.0 Å². The van der Waals surface area contributed by atoms with Crippen LogP contribution in [0.4, 0.5) is 5.69 Å². The monoisotopic (exact) mass is 271 g/mol. The minimum Gasteiger partial charge on any atom is -0.399 e. The molecule has 0 saturated carbocycles. The Labute approximate surface area is 107 Å². The molecule has 3 nitrogen and oxygen atoms in total. The highest BCUT2D eigenvalue weighted by Crippen LogP contribution is 2.38. The third-order valence-electron chi connectivity index (χ3n) is 1.76. The van der Waals surface area contributed by atoms with Crippen LogP contribution in [0, 0.1) is 0 Å². The maximum absolute atomic E-state index is 6.04. The Morgan fingerprint density at radius 1 is 1.06 bits per heavy atom. The van der Waals surface area contributed by atoms with Crippen LogP contribution in [0.25, 0.3) is 0 Å². The van der Waals surface area contributed by atoms with Gasteiger partial charge in [-0.3, -0.25) is 0 Å². The van der Waals surface area contributed by atoms with Crippen molar-refractivity contribution in [2.75, 3.05) is 5.73 Å². The summed E-state index contributed by atoms with van der Waals surface area (Å²) in [6, 6.07) is 5.05. The van der Waals surface area contributed by atoms with Gasteiger partial charge in [0.1, 0.15) is 0 Å². The molecule has 1 aromatic heterocycles. The van der Waals surface area contributed by atoms with E-state index < -0.39 is 0 Å². The first kappa shape index (κ1) is 11.5. The molecule has 16 heavy (non-hydrogen) atoms. The number of anilines is 1. The largest absolute Gasteiger partial charge is 0.399 e. The van der Waals surface area contributed by atoms with Crippen molar-refractivity contribution in [3.63, 3.8) is 0 Å². The number of hydrogen-bond acceptors (Lipinski definition) is 4. The average Bonchev–Trinajstić information content (AvgIpc) is 2.25. The zero-order chi connectivity index (χ0) is 11.5. The van der Waals surface area contributed by atoms with Crippen molar-refractivity contribution < 1.29 is 0 Å². The van der Waals surface area contributed by atoms with Crippen molar-refractivity contribution in [3.8, 4) is 0 Å². The zero-order valence-corrected chi connectivity index (χ0v) is 10.4. The number of halogens is 2. The van der Waals surface area contributed by atoms with Gasteiger partial charge < -0.3 is 5.73 Å². The summed E-state index contributed by atoms with van der Waals surface area (Å²) in [5, 5.41) is 1.60. The molecular weight excluding hydrogens is 265 g/mol. The molecule has 0 aliphatic rings. The smallest absolute Gasteiger partial charge is 0.192 e. The van der Waals surface area contributed by atoms with E-state index in [0.29, 0.717) is 25.8 Å². The first-order chi connectivity index (χ1) is 7.66. The summed E-state index contributed by atoms with van der Waals surface area (Å²) in [7, 11) is 0. The van der Waals surface area contributed by atoms with Crippen LogP contribution in [0.1, 0.15) is 0 Å². The summed E-state index contributed by atoms with van der Waals surface area (Å²) in [4.78, 5) is 8.88. The van der Waals surface area contributed by atoms with E-state index in [4.69, 9.17) is 28.9 Å². The normalized spacial score (nSPS) is 10.4. The average molecular weight is 272 g/mol. The number of nitrogens with two attached hydrogens (primary N) is 1. The Kier molecular flexibility index (Phi) is 3.53. The minimum absolute atomic E-state index is 0.502. The number of nitrogen functional groups attached to an aromatic ring is 1. The van der Waals surface area contributed by atoms with Gasteiger partial charge in [-0.1, -0.05) is 23.2 Å². The molecule has 0 radical (unpaired) electrons. The molecule has 2 N–H and O–H groups in total. The molecule has 82 valence electrons. The van der Waals surface area contributed by atoms with E-state index in [2.05, 4.69) is 9.97 Å². The first-order valence-corrected chi connectivity index (χ1v) is 5.93. The van der Waals surface area contributed by atoms with E-state index in [9.17, 15) is 0 Å². The predicted molar refractivity (Wildman–Crippen MR) is 67.0 cm³/mol. The molecule has 0 amide bonds. The highest BCUT2D eigenvalue weighted by Gasteiger charge is 2.10. The molecule has 6 heteroatoms. The molecule has 1 heterocycles. The molecule has 2 rings (SSSR count). The van der Waals surface area contributed by atoms with Crippen LogP contribution in [0.2, 0.25) is 10.0 Å². The summed E-state index contributed by atoms with van der Waals surface area (Å²) < 4.78 is 0. The van der Waals surface area contributed by atoms with Gasteiger partial charge in [0.25, 0.3) is 0 Å². The SMILES string of the molecule is Nc1cc(Cl)c(Sc2ncccn2)c(Cl)c1. The van der Waals surface area contributed by atoms with Crippen molar-refractivity contribution in [3.05, 3.63) is 40.6 Å². The lowest BCUT2D eigenvalue weighted by molar-refractivity contribution is 0.967. The Bertz CT molecular complexity index is 482. The van der Waals surface area contributed by atoms with Gasteiger partial charge in [-0.05, 0) is 30.0 Å². The van der Waals surface area contributed by atoms with Gasteiger partial charge in [0.05, 0.1) is 14.9 Å². The van der Waals surface area contributed by atoms with E-state index in [1.54, 1.807) is 30.6 Å². The fourth-order valence-corrected chi connectivity index (χ4v) is 2.56. The maximum atomic E-state index is 6.04. The Morgan fingerprint density at radius 3 is 2.19 bits per heavy atom. The van der Waals surface area contributed by atoms with Crippen LogP contribution in [0.3, 0.4) is 0 Å². The van der Waals surface area contributed by atoms with E-state index in [1.165, 1.54) is 11.8 Å². The second kappa shape index (κ2) is 4.91. The zero-order valence-electron chi connectivity index (χ0n) is 8.02. The molecule has 0 aliphatic carbocycles. The Morgan fingerprint density at radius 2 is 1.62 bits per heavy atom. The van der Waals surface area contributed by atoms with Crippen LogP contribution in [0.15, 0.2) is 40.6 Å². The van der Waals surface area contributed by atoms with Crippen LogP contribution in [-0.4, -0.2) is 9.97 Å². The predicted octanol–water partition coefficient (Wildman–Crippen LogP) is 3.52. The molecule has 0 fully saturated rings. The molecule has 0 saturated heterocycles. The highest BCUT2D eigenvalue weighted by atomic mass is 35.5. The van der Waals surface area contributed by atoms with Crippen LogP contribution in [0.5, 0.6) is 0 Å². The number of rotatable bonds is 2. The van der Waals surface area contributed by atoms with Crippen LogP contribution in [-0.2, 0) is 0 Å². The maximum Gasteiger partial charge on any atom is 0.192 e. The fourth-order valence-electron chi connectivity index (χ4n) is 1.11. The van der Waals surface area contributed by atoms with Crippen LogP contribution < -0.4 is 5.73 Å². The summed E-state index contributed by atoms with van der Waals surface area (Å²) >= 11 is 13.4.